The first-order valence-electron chi connectivity index (χ1n) is 4.94. The molecule has 0 saturated carbocycles. The lowest BCUT2D eigenvalue weighted by Gasteiger charge is -2.05. The smallest absolute Gasteiger partial charge is 0.372 e. The summed E-state index contributed by atoms with van der Waals surface area (Å²) < 4.78 is 9.60. The second-order valence-corrected chi connectivity index (χ2v) is 2.61. The van der Waals surface area contributed by atoms with E-state index in [2.05, 4.69) is 24.5 Å². The molecule has 5 heteroatoms. The normalized spacial score (nSPS) is 8.06. The first-order chi connectivity index (χ1) is 7.99. The maximum atomic E-state index is 10.9. The number of carbonyl (C=O) groups is 2. The summed E-state index contributed by atoms with van der Waals surface area (Å²) in [5.41, 5.74) is 0. The summed E-state index contributed by atoms with van der Waals surface area (Å²) in [6.07, 6.45) is 3.23. The molecule has 17 heavy (non-hydrogen) atoms. The number of ether oxygens (including phenoxy) is 2. The molecule has 0 aromatic heterocycles. The topological polar surface area (TPSA) is 72.8 Å². The molecule has 0 aromatic carbocycles. The first-order valence-corrected chi connectivity index (χ1v) is 4.94. The summed E-state index contributed by atoms with van der Waals surface area (Å²) in [5, 5.41) is 7.60. The largest absolute Gasteiger partial charge is 0.487 e. The average Bonchev–Trinajstić information content (AvgIpc) is 2.30. The van der Waals surface area contributed by atoms with E-state index >= 15 is 0 Å². The molecule has 0 aliphatic carbocycles. The molecule has 0 atom stereocenters. The van der Waals surface area contributed by atoms with Crippen LogP contribution in [-0.2, 0) is 19.1 Å². The number of carboxylic acids is 1. The highest BCUT2D eigenvalue weighted by atomic mass is 16.6. The maximum absolute atomic E-state index is 10.9. The Morgan fingerprint density at radius 3 is 2.18 bits per heavy atom. The van der Waals surface area contributed by atoms with E-state index in [0.717, 1.165) is 6.08 Å². The van der Waals surface area contributed by atoms with Gasteiger partial charge in [-0.25, -0.2) is 9.59 Å². The summed E-state index contributed by atoms with van der Waals surface area (Å²) in [5.74, 6) is -1.43. The lowest BCUT2D eigenvalue weighted by molar-refractivity contribution is -0.142. The van der Waals surface area contributed by atoms with Crippen molar-refractivity contribution in [3.05, 3.63) is 37.6 Å². The van der Waals surface area contributed by atoms with Gasteiger partial charge in [0.25, 0.3) is 0 Å². The van der Waals surface area contributed by atoms with E-state index in [0.29, 0.717) is 19.6 Å². The molecule has 5 nitrogen and oxygen atoms in total. The van der Waals surface area contributed by atoms with Gasteiger partial charge in [-0.3, -0.25) is 0 Å². The van der Waals surface area contributed by atoms with Gasteiger partial charge < -0.3 is 14.6 Å². The first kappa shape index (κ1) is 17.4. The van der Waals surface area contributed by atoms with E-state index in [1.54, 1.807) is 13.0 Å². The summed E-state index contributed by atoms with van der Waals surface area (Å²) >= 11 is 0. The van der Waals surface area contributed by atoms with Crippen LogP contribution < -0.4 is 0 Å². The molecule has 0 rings (SSSR count). The van der Waals surface area contributed by atoms with Gasteiger partial charge in [-0.15, -0.1) is 6.58 Å². The van der Waals surface area contributed by atoms with Crippen LogP contribution in [0.5, 0.6) is 0 Å². The molecule has 0 amide bonds. The summed E-state index contributed by atoms with van der Waals surface area (Å²) in [7, 11) is 0. The number of hydrogen-bond donors (Lipinski definition) is 1. The Balaban J connectivity index is 0. The standard InChI is InChI=1S/C9H14O3.C3H4O2/c1-4-6-7-12-8(3)9(10)11-5-2;1-2-3(4)5/h4H,1,3,5-7H2,2H3;2H,1H2,(H,4,5). The van der Waals surface area contributed by atoms with Gasteiger partial charge in [-0.05, 0) is 19.9 Å². The fourth-order valence-corrected chi connectivity index (χ4v) is 0.536. The number of hydrogen-bond acceptors (Lipinski definition) is 4. The Labute approximate surface area is 101 Å². The van der Waals surface area contributed by atoms with Gasteiger partial charge in [0.2, 0.25) is 0 Å². The molecule has 96 valence electrons. The highest BCUT2D eigenvalue weighted by Crippen LogP contribution is 1.98. The number of carbonyl (C=O) groups excluding carboxylic acids is 1. The fraction of sp³-hybridized carbons (Fsp3) is 0.333. The summed E-state index contributed by atoms with van der Waals surface area (Å²) in [6.45, 7) is 12.4. The van der Waals surface area contributed by atoms with Crippen molar-refractivity contribution in [2.45, 2.75) is 13.3 Å². The van der Waals surface area contributed by atoms with Gasteiger partial charge >= 0.3 is 11.9 Å². The van der Waals surface area contributed by atoms with Crippen molar-refractivity contribution >= 4 is 11.9 Å². The lowest BCUT2D eigenvalue weighted by Crippen LogP contribution is -2.09. The van der Waals surface area contributed by atoms with Crippen LogP contribution in [0.4, 0.5) is 0 Å². The zero-order valence-corrected chi connectivity index (χ0v) is 9.98. The number of aliphatic carboxylic acids is 1. The van der Waals surface area contributed by atoms with Crippen LogP contribution >= 0.6 is 0 Å². The third-order valence-electron chi connectivity index (χ3n) is 1.28. The van der Waals surface area contributed by atoms with Crippen molar-refractivity contribution in [3.63, 3.8) is 0 Å². The van der Waals surface area contributed by atoms with Crippen LogP contribution in [0.25, 0.3) is 0 Å². The summed E-state index contributed by atoms with van der Waals surface area (Å²) in [6, 6.07) is 0. The van der Waals surface area contributed by atoms with E-state index in [9.17, 15) is 9.59 Å². The van der Waals surface area contributed by atoms with E-state index in [1.165, 1.54) is 0 Å². The second kappa shape index (κ2) is 12.0. The monoisotopic (exact) mass is 242 g/mol. The lowest BCUT2D eigenvalue weighted by atomic mass is 10.4. The van der Waals surface area contributed by atoms with Crippen LogP contribution in [0.2, 0.25) is 0 Å². The highest BCUT2D eigenvalue weighted by molar-refractivity contribution is 5.85. The third kappa shape index (κ3) is 14.0. The van der Waals surface area contributed by atoms with E-state index in [-0.39, 0.29) is 5.76 Å². The molecule has 0 aliphatic rings. The van der Waals surface area contributed by atoms with Gasteiger partial charge in [0.1, 0.15) is 0 Å². The molecule has 0 saturated heterocycles. The molecule has 0 heterocycles. The molecular weight excluding hydrogens is 224 g/mol. The van der Waals surface area contributed by atoms with Crippen molar-refractivity contribution in [2.75, 3.05) is 13.2 Å². The average molecular weight is 242 g/mol. The van der Waals surface area contributed by atoms with Gasteiger partial charge in [-0.2, -0.15) is 0 Å². The predicted octanol–water partition coefficient (Wildman–Crippen LogP) is 1.91. The molecule has 0 fully saturated rings. The van der Waals surface area contributed by atoms with Gasteiger partial charge in [-0.1, -0.05) is 12.7 Å². The van der Waals surface area contributed by atoms with Gasteiger partial charge in [0.05, 0.1) is 13.2 Å². The van der Waals surface area contributed by atoms with Crippen molar-refractivity contribution in [1.82, 2.24) is 0 Å². The molecule has 0 aliphatic heterocycles. The SMILES string of the molecule is C=CC(=O)O.C=CCCOC(=C)C(=O)OCC. The van der Waals surface area contributed by atoms with E-state index in [4.69, 9.17) is 9.84 Å². The van der Waals surface area contributed by atoms with Crippen molar-refractivity contribution in [3.8, 4) is 0 Å². The number of carboxylic acid groups (broad SMARTS) is 1. The molecule has 0 unspecified atom stereocenters. The molecule has 0 aromatic rings. The molecule has 0 radical (unpaired) electrons. The predicted molar refractivity (Wildman–Crippen MR) is 64.4 cm³/mol. The Bertz CT molecular complexity index is 281. The Morgan fingerprint density at radius 2 is 1.82 bits per heavy atom. The minimum absolute atomic E-state index is 0.0544. The van der Waals surface area contributed by atoms with Crippen molar-refractivity contribution in [2.24, 2.45) is 0 Å². The molecule has 0 spiro atoms. The molecule has 0 bridgehead atoms. The Kier molecular flexibility index (Phi) is 12.3. The maximum Gasteiger partial charge on any atom is 0.372 e. The zero-order chi connectivity index (χ0) is 13.7. The van der Waals surface area contributed by atoms with E-state index in [1.807, 2.05) is 0 Å². The van der Waals surface area contributed by atoms with Crippen LogP contribution in [0, 0.1) is 0 Å². The number of rotatable bonds is 7. The Hall–Kier alpha value is -2.04. The minimum atomic E-state index is -0.981. The Morgan fingerprint density at radius 1 is 1.29 bits per heavy atom. The van der Waals surface area contributed by atoms with E-state index < -0.39 is 11.9 Å². The second-order valence-electron chi connectivity index (χ2n) is 2.61. The van der Waals surface area contributed by atoms with Crippen LogP contribution in [0.15, 0.2) is 37.6 Å². The van der Waals surface area contributed by atoms with Crippen LogP contribution in [0.1, 0.15) is 13.3 Å². The summed E-state index contributed by atoms with van der Waals surface area (Å²) in [4.78, 5) is 20.1. The number of esters is 1. The fourth-order valence-electron chi connectivity index (χ4n) is 0.536. The third-order valence-corrected chi connectivity index (χ3v) is 1.28. The van der Waals surface area contributed by atoms with Crippen molar-refractivity contribution < 1.29 is 24.2 Å². The van der Waals surface area contributed by atoms with Gasteiger partial charge in [0, 0.05) is 6.08 Å². The van der Waals surface area contributed by atoms with Gasteiger partial charge in [0.15, 0.2) is 5.76 Å². The van der Waals surface area contributed by atoms with Crippen molar-refractivity contribution in [1.29, 1.82) is 0 Å². The quantitative estimate of drug-likeness (QED) is 0.243. The van der Waals surface area contributed by atoms with Crippen LogP contribution in [-0.4, -0.2) is 30.3 Å². The molecular formula is C12H18O5. The molecule has 1 N–H and O–H groups in total. The zero-order valence-electron chi connectivity index (χ0n) is 9.98. The highest BCUT2D eigenvalue weighted by Gasteiger charge is 2.07. The minimum Gasteiger partial charge on any atom is -0.487 e. The van der Waals surface area contributed by atoms with Crippen LogP contribution in [0.3, 0.4) is 0 Å².